The second kappa shape index (κ2) is 16.5. The van der Waals surface area contributed by atoms with Crippen molar-refractivity contribution in [1.29, 1.82) is 0 Å². The van der Waals surface area contributed by atoms with Gasteiger partial charge in [0, 0.05) is 0 Å². The lowest BCUT2D eigenvalue weighted by molar-refractivity contribution is -0.123. The molecule has 5 atom stereocenters. The molecular weight excluding hydrogens is 536 g/mol. The predicted octanol–water partition coefficient (Wildman–Crippen LogP) is 7.58. The Bertz CT molecular complexity index is 1090. The van der Waals surface area contributed by atoms with E-state index in [-0.39, 0.29) is 30.0 Å². The van der Waals surface area contributed by atoms with Crippen LogP contribution in [-0.4, -0.2) is 39.0 Å². The molecule has 0 aliphatic carbocycles. The van der Waals surface area contributed by atoms with Crippen molar-refractivity contribution >= 4 is 18.7 Å². The minimum Gasteiger partial charge on any atom is -0.405 e. The van der Waals surface area contributed by atoms with Gasteiger partial charge in [0.2, 0.25) is 0 Å². The van der Waals surface area contributed by atoms with E-state index >= 15 is 0 Å². The molecule has 0 saturated carbocycles. The Morgan fingerprint density at radius 2 is 1.19 bits per heavy atom. The molecule has 0 bridgehead atoms. The molecule has 1 unspecified atom stereocenters. The van der Waals surface area contributed by atoms with Crippen LogP contribution in [0.4, 0.5) is 0 Å². The zero-order valence-electron chi connectivity index (χ0n) is 27.0. The van der Waals surface area contributed by atoms with E-state index in [1.807, 2.05) is 25.1 Å². The van der Waals surface area contributed by atoms with Crippen molar-refractivity contribution < 1.29 is 19.0 Å². The Morgan fingerprint density at radius 1 is 0.690 bits per heavy atom. The average molecular weight is 591 g/mol. The third kappa shape index (κ3) is 9.89. The highest BCUT2D eigenvalue weighted by molar-refractivity contribution is 6.99. The fraction of sp³-hybridized carbons (Fsp3) is 0.514. The Kier molecular flexibility index (Phi) is 13.5. The van der Waals surface area contributed by atoms with Gasteiger partial charge in [-0.05, 0) is 64.9 Å². The van der Waals surface area contributed by atoms with Crippen molar-refractivity contribution in [2.45, 2.75) is 91.6 Å². The molecule has 0 aliphatic rings. The first kappa shape index (κ1) is 34.2. The highest BCUT2D eigenvalue weighted by Gasteiger charge is 2.50. The van der Waals surface area contributed by atoms with Crippen LogP contribution in [0.1, 0.15) is 73.3 Å². The smallest absolute Gasteiger partial charge is 0.261 e. The fourth-order valence-electron chi connectivity index (χ4n) is 6.46. The van der Waals surface area contributed by atoms with Crippen LogP contribution >= 0.6 is 0 Å². The summed E-state index contributed by atoms with van der Waals surface area (Å²) in [5, 5.41) is 12.3. The summed E-state index contributed by atoms with van der Waals surface area (Å²) in [6.45, 7) is 16.9. The van der Waals surface area contributed by atoms with Crippen LogP contribution in [0.25, 0.3) is 0 Å². The van der Waals surface area contributed by atoms with Crippen molar-refractivity contribution in [3.63, 3.8) is 0 Å². The van der Waals surface area contributed by atoms with Crippen LogP contribution < -0.4 is 10.4 Å². The van der Waals surface area contributed by atoms with Crippen LogP contribution in [-0.2, 0) is 20.5 Å². The maximum Gasteiger partial charge on any atom is 0.261 e. The normalized spacial score (nSPS) is 16.0. The predicted molar refractivity (Wildman–Crippen MR) is 178 cm³/mol. The Labute approximate surface area is 256 Å². The topological polar surface area (TPSA) is 47.9 Å². The maximum absolute atomic E-state index is 9.86. The molecule has 0 amide bonds. The SMILES string of the molecule is CC(O)C[C@H](C)C[C@H](C)C[C@H](C)[C@@H](CO[Si](c1ccccc1)(c1ccccc1)C(C)(C)C)OCOCc1ccccc1. The summed E-state index contributed by atoms with van der Waals surface area (Å²) in [5.74, 6) is 1.27. The second-order valence-corrected chi connectivity index (χ2v) is 17.7. The van der Waals surface area contributed by atoms with E-state index < -0.39 is 8.32 Å². The van der Waals surface area contributed by atoms with Crippen LogP contribution in [0.5, 0.6) is 0 Å². The Morgan fingerprint density at radius 3 is 1.69 bits per heavy atom. The molecule has 0 radical (unpaired) electrons. The van der Waals surface area contributed by atoms with Crippen LogP contribution in [0.3, 0.4) is 0 Å². The van der Waals surface area contributed by atoms with Crippen LogP contribution in [0.15, 0.2) is 91.0 Å². The van der Waals surface area contributed by atoms with E-state index in [0.717, 1.165) is 24.8 Å². The molecule has 1 N–H and O–H groups in total. The van der Waals surface area contributed by atoms with Crippen molar-refractivity contribution in [2.75, 3.05) is 13.4 Å². The molecule has 0 fully saturated rings. The van der Waals surface area contributed by atoms with Gasteiger partial charge < -0.3 is 19.0 Å². The van der Waals surface area contributed by atoms with Gasteiger partial charge in [0.1, 0.15) is 6.79 Å². The molecule has 0 saturated heterocycles. The molecule has 3 aromatic carbocycles. The van der Waals surface area contributed by atoms with E-state index in [0.29, 0.717) is 25.0 Å². The summed E-state index contributed by atoms with van der Waals surface area (Å²) in [6, 6.07) is 31.8. The van der Waals surface area contributed by atoms with E-state index in [1.54, 1.807) is 0 Å². The van der Waals surface area contributed by atoms with Crippen molar-refractivity contribution in [3.8, 4) is 0 Å². The zero-order chi connectivity index (χ0) is 30.6. The van der Waals surface area contributed by atoms with Gasteiger partial charge in [-0.25, -0.2) is 0 Å². The molecule has 3 aromatic rings. The molecule has 3 rings (SSSR count). The molecule has 42 heavy (non-hydrogen) atoms. The quantitative estimate of drug-likeness (QED) is 0.100. The summed E-state index contributed by atoms with van der Waals surface area (Å²) < 4.78 is 19.8. The van der Waals surface area contributed by atoms with Gasteiger partial charge in [-0.3, -0.25) is 0 Å². The summed E-state index contributed by atoms with van der Waals surface area (Å²) in [4.78, 5) is 0. The standard InChI is InChI=1S/C37H54O4Si/c1-29(23-30(2)25-32(4)38)24-31(3)36(40-28-39-26-33-17-11-8-12-18-33)27-41-42(37(5,6)7,34-19-13-9-14-20-34)35-21-15-10-16-22-35/h8-22,29-32,36,38H,23-28H2,1-7H3/t29-,30+,31-,32?,36+/m0/s1. The molecule has 0 heterocycles. The summed E-state index contributed by atoms with van der Waals surface area (Å²) in [5.41, 5.74) is 1.13. The second-order valence-electron chi connectivity index (χ2n) is 13.4. The average Bonchev–Trinajstić information content (AvgIpc) is 2.94. The number of aliphatic hydroxyl groups excluding tert-OH is 1. The molecule has 0 aliphatic heterocycles. The molecule has 0 spiro atoms. The van der Waals surface area contributed by atoms with Crippen LogP contribution in [0.2, 0.25) is 5.04 Å². The highest BCUT2D eigenvalue weighted by atomic mass is 28.4. The monoisotopic (exact) mass is 590 g/mol. The van der Waals surface area contributed by atoms with Gasteiger partial charge >= 0.3 is 0 Å². The van der Waals surface area contributed by atoms with E-state index in [9.17, 15) is 5.11 Å². The lowest BCUT2D eigenvalue weighted by atomic mass is 9.85. The molecule has 4 nitrogen and oxygen atoms in total. The first-order chi connectivity index (χ1) is 20.0. The van der Waals surface area contributed by atoms with Gasteiger partial charge in [-0.2, -0.15) is 0 Å². The van der Waals surface area contributed by atoms with Crippen LogP contribution in [0, 0.1) is 17.8 Å². The van der Waals surface area contributed by atoms with Gasteiger partial charge in [0.25, 0.3) is 8.32 Å². The third-order valence-electron chi connectivity index (χ3n) is 8.31. The van der Waals surface area contributed by atoms with Crippen molar-refractivity contribution in [2.24, 2.45) is 17.8 Å². The molecule has 0 aromatic heterocycles. The largest absolute Gasteiger partial charge is 0.405 e. The number of hydrogen-bond acceptors (Lipinski definition) is 4. The Hall–Kier alpha value is -2.28. The number of hydrogen-bond donors (Lipinski definition) is 1. The van der Waals surface area contributed by atoms with Gasteiger partial charge in [0.05, 0.1) is 25.4 Å². The first-order valence-electron chi connectivity index (χ1n) is 15.7. The van der Waals surface area contributed by atoms with Crippen molar-refractivity contribution in [3.05, 3.63) is 96.6 Å². The summed E-state index contributed by atoms with van der Waals surface area (Å²) in [7, 11) is -2.69. The van der Waals surface area contributed by atoms with Crippen molar-refractivity contribution in [1.82, 2.24) is 0 Å². The lowest BCUT2D eigenvalue weighted by Crippen LogP contribution is -2.67. The minimum absolute atomic E-state index is 0.100. The number of benzene rings is 3. The number of rotatable bonds is 17. The minimum atomic E-state index is -2.69. The molecular formula is C37H54O4Si. The lowest BCUT2D eigenvalue weighted by Gasteiger charge is -2.44. The Balaban J connectivity index is 1.83. The molecule has 5 heteroatoms. The maximum atomic E-state index is 9.86. The van der Waals surface area contributed by atoms with E-state index in [4.69, 9.17) is 13.9 Å². The highest BCUT2D eigenvalue weighted by Crippen LogP contribution is 2.37. The van der Waals surface area contributed by atoms with Gasteiger partial charge in [0.15, 0.2) is 0 Å². The van der Waals surface area contributed by atoms with Gasteiger partial charge in [-0.1, -0.05) is 133 Å². The van der Waals surface area contributed by atoms with E-state index in [2.05, 4.69) is 114 Å². The number of ether oxygens (including phenoxy) is 2. The van der Waals surface area contributed by atoms with E-state index in [1.165, 1.54) is 10.4 Å². The third-order valence-corrected chi connectivity index (χ3v) is 13.3. The summed E-state index contributed by atoms with van der Waals surface area (Å²) in [6.07, 6.45) is 2.57. The summed E-state index contributed by atoms with van der Waals surface area (Å²) >= 11 is 0. The number of aliphatic hydroxyl groups is 1. The fourth-order valence-corrected chi connectivity index (χ4v) is 11.0. The van der Waals surface area contributed by atoms with Gasteiger partial charge in [-0.15, -0.1) is 0 Å². The molecule has 230 valence electrons. The first-order valence-corrected chi connectivity index (χ1v) is 17.6. The zero-order valence-corrected chi connectivity index (χ0v) is 28.0.